The zero-order valence-electron chi connectivity index (χ0n) is 11.9. The van der Waals surface area contributed by atoms with Crippen molar-refractivity contribution in [3.8, 4) is 0 Å². The number of hydrogen-bond acceptors (Lipinski definition) is 2. The number of fused-ring (bicyclic) bond motifs is 1. The summed E-state index contributed by atoms with van der Waals surface area (Å²) in [5.74, 6) is 0.0488. The Morgan fingerprint density at radius 1 is 1.18 bits per heavy atom. The molecule has 0 bridgehead atoms. The second kappa shape index (κ2) is 5.69. The zero-order chi connectivity index (χ0) is 15.7. The molecule has 2 aromatic carbocycles. The average Bonchev–Trinajstić information content (AvgIpc) is 2.76. The molecule has 0 saturated carbocycles. The molecular formula is C16H14ClN3O2. The molecule has 0 fully saturated rings. The van der Waals surface area contributed by atoms with Crippen molar-refractivity contribution in [3.05, 3.63) is 53.1 Å². The van der Waals surface area contributed by atoms with Crippen LogP contribution in [-0.2, 0) is 11.2 Å². The normalized spacial score (nSPS) is 13.0. The first-order valence-corrected chi connectivity index (χ1v) is 7.14. The van der Waals surface area contributed by atoms with Crippen LogP contribution in [0.2, 0.25) is 5.02 Å². The lowest BCUT2D eigenvalue weighted by atomic mass is 10.1. The lowest BCUT2D eigenvalue weighted by molar-refractivity contribution is -0.117. The molecule has 2 aromatic rings. The molecule has 112 valence electrons. The highest BCUT2D eigenvalue weighted by Gasteiger charge is 2.24. The molecule has 0 atom stereocenters. The molecule has 0 radical (unpaired) electrons. The molecule has 3 rings (SSSR count). The molecule has 0 spiro atoms. The van der Waals surface area contributed by atoms with Gasteiger partial charge in [0.2, 0.25) is 5.91 Å². The molecule has 6 heteroatoms. The fourth-order valence-electron chi connectivity index (χ4n) is 2.40. The van der Waals surface area contributed by atoms with Gasteiger partial charge in [-0.15, -0.1) is 0 Å². The molecule has 22 heavy (non-hydrogen) atoms. The van der Waals surface area contributed by atoms with E-state index < -0.39 is 0 Å². The van der Waals surface area contributed by atoms with Gasteiger partial charge >= 0.3 is 6.03 Å². The predicted octanol–water partition coefficient (Wildman–Crippen LogP) is 3.50. The second-order valence-electron chi connectivity index (χ2n) is 5.03. The van der Waals surface area contributed by atoms with Gasteiger partial charge in [0.05, 0.1) is 17.1 Å². The highest BCUT2D eigenvalue weighted by Crippen LogP contribution is 2.30. The highest BCUT2D eigenvalue weighted by atomic mass is 35.5. The monoisotopic (exact) mass is 315 g/mol. The third-order valence-corrected chi connectivity index (χ3v) is 3.87. The van der Waals surface area contributed by atoms with E-state index >= 15 is 0 Å². The van der Waals surface area contributed by atoms with Gasteiger partial charge in [0, 0.05) is 18.4 Å². The summed E-state index contributed by atoms with van der Waals surface area (Å²) in [5.41, 5.74) is 2.95. The zero-order valence-corrected chi connectivity index (χ0v) is 12.6. The van der Waals surface area contributed by atoms with Crippen molar-refractivity contribution in [1.82, 2.24) is 0 Å². The van der Waals surface area contributed by atoms with E-state index in [9.17, 15) is 9.59 Å². The number of amides is 3. The first-order valence-electron chi connectivity index (χ1n) is 6.76. The lowest BCUT2D eigenvalue weighted by Crippen LogP contribution is -2.20. The Balaban J connectivity index is 1.72. The molecule has 0 saturated heterocycles. The minimum atomic E-state index is -0.384. The van der Waals surface area contributed by atoms with Crippen molar-refractivity contribution in [1.29, 1.82) is 0 Å². The Morgan fingerprint density at radius 3 is 2.73 bits per heavy atom. The van der Waals surface area contributed by atoms with Crippen LogP contribution in [0.25, 0.3) is 0 Å². The third-order valence-electron chi connectivity index (χ3n) is 3.54. The second-order valence-corrected chi connectivity index (χ2v) is 5.44. The largest absolute Gasteiger partial charge is 0.323 e. The van der Waals surface area contributed by atoms with Crippen molar-refractivity contribution in [2.24, 2.45) is 0 Å². The van der Waals surface area contributed by atoms with Gasteiger partial charge in [-0.1, -0.05) is 23.7 Å². The van der Waals surface area contributed by atoms with Crippen molar-refractivity contribution in [2.75, 3.05) is 22.6 Å². The maximum Gasteiger partial charge on any atom is 0.323 e. The van der Waals surface area contributed by atoms with Gasteiger partial charge in [-0.25, -0.2) is 4.79 Å². The van der Waals surface area contributed by atoms with Crippen LogP contribution in [0, 0.1) is 0 Å². The van der Waals surface area contributed by atoms with Crippen molar-refractivity contribution in [3.63, 3.8) is 0 Å². The van der Waals surface area contributed by atoms with Gasteiger partial charge < -0.3 is 15.5 Å². The Kier molecular flexibility index (Phi) is 3.73. The van der Waals surface area contributed by atoms with Gasteiger partial charge in [0.25, 0.3) is 0 Å². The number of rotatable bonds is 2. The number of nitrogens with one attached hydrogen (secondary N) is 2. The summed E-state index contributed by atoms with van der Waals surface area (Å²) in [4.78, 5) is 25.3. The topological polar surface area (TPSA) is 61.4 Å². The number of halogens is 1. The SMILES string of the molecule is CN1C(=O)Cc2cc(NC(=O)Nc3ccccc3Cl)ccc21. The predicted molar refractivity (Wildman–Crippen MR) is 87.6 cm³/mol. The van der Waals surface area contributed by atoms with Gasteiger partial charge in [0.15, 0.2) is 0 Å². The Hall–Kier alpha value is -2.53. The molecule has 3 amide bonds. The van der Waals surface area contributed by atoms with Crippen LogP contribution in [0.4, 0.5) is 21.9 Å². The van der Waals surface area contributed by atoms with Crippen LogP contribution in [0.3, 0.4) is 0 Å². The van der Waals surface area contributed by atoms with Crippen molar-refractivity contribution in [2.45, 2.75) is 6.42 Å². The summed E-state index contributed by atoms with van der Waals surface area (Å²) >= 11 is 5.99. The number of nitrogens with zero attached hydrogens (tertiary/aromatic N) is 1. The maximum atomic E-state index is 12.0. The molecule has 5 nitrogen and oxygen atoms in total. The van der Waals surface area contributed by atoms with Crippen LogP contribution in [0.5, 0.6) is 0 Å². The van der Waals surface area contributed by atoms with E-state index in [1.165, 1.54) is 0 Å². The molecule has 1 aliphatic heterocycles. The number of likely N-dealkylation sites (N-methyl/N-ethyl adjacent to an activating group) is 1. The summed E-state index contributed by atoms with van der Waals surface area (Å²) in [6, 6.07) is 12.0. The van der Waals surface area contributed by atoms with E-state index in [-0.39, 0.29) is 11.9 Å². The van der Waals surface area contributed by atoms with Crippen LogP contribution >= 0.6 is 11.6 Å². The van der Waals surface area contributed by atoms with Crippen LogP contribution in [0.15, 0.2) is 42.5 Å². The molecule has 2 N–H and O–H groups in total. The minimum absolute atomic E-state index is 0.0488. The standard InChI is InChI=1S/C16H14ClN3O2/c1-20-14-7-6-11(8-10(14)9-15(20)21)18-16(22)19-13-5-3-2-4-12(13)17/h2-8H,9H2,1H3,(H2,18,19,22). The fourth-order valence-corrected chi connectivity index (χ4v) is 2.58. The number of anilines is 3. The van der Waals surface area contributed by atoms with Crippen LogP contribution in [0.1, 0.15) is 5.56 Å². The molecule has 1 aliphatic rings. The van der Waals surface area contributed by atoms with E-state index in [1.54, 1.807) is 42.3 Å². The first-order chi connectivity index (χ1) is 10.5. The Labute approximate surface area is 132 Å². The molecule has 0 unspecified atom stereocenters. The van der Waals surface area contributed by atoms with E-state index in [0.717, 1.165) is 11.3 Å². The Morgan fingerprint density at radius 2 is 1.95 bits per heavy atom. The van der Waals surface area contributed by atoms with E-state index in [4.69, 9.17) is 11.6 Å². The van der Waals surface area contributed by atoms with E-state index in [2.05, 4.69) is 10.6 Å². The van der Waals surface area contributed by atoms with E-state index in [1.807, 2.05) is 12.1 Å². The number of urea groups is 1. The van der Waals surface area contributed by atoms with Gasteiger partial charge in [-0.05, 0) is 35.9 Å². The third kappa shape index (κ3) is 2.76. The summed E-state index contributed by atoms with van der Waals surface area (Å²) < 4.78 is 0. The highest BCUT2D eigenvalue weighted by molar-refractivity contribution is 6.33. The summed E-state index contributed by atoms with van der Waals surface area (Å²) in [6.07, 6.45) is 0.355. The van der Waals surface area contributed by atoms with Gasteiger partial charge in [-0.2, -0.15) is 0 Å². The molecule has 0 aromatic heterocycles. The van der Waals surface area contributed by atoms with Gasteiger partial charge in [0.1, 0.15) is 0 Å². The van der Waals surface area contributed by atoms with Crippen LogP contribution in [-0.4, -0.2) is 19.0 Å². The number of carbonyl (C=O) groups is 2. The van der Waals surface area contributed by atoms with Crippen LogP contribution < -0.4 is 15.5 Å². The maximum absolute atomic E-state index is 12.0. The number of hydrogen-bond donors (Lipinski definition) is 2. The fraction of sp³-hybridized carbons (Fsp3) is 0.125. The quantitative estimate of drug-likeness (QED) is 0.891. The summed E-state index contributed by atoms with van der Waals surface area (Å²) in [7, 11) is 1.74. The smallest absolute Gasteiger partial charge is 0.315 e. The average molecular weight is 316 g/mol. The number of para-hydroxylation sites is 1. The minimum Gasteiger partial charge on any atom is -0.315 e. The lowest BCUT2D eigenvalue weighted by Gasteiger charge is -2.12. The first kappa shape index (κ1) is 14.4. The summed E-state index contributed by atoms with van der Waals surface area (Å²) in [5, 5.41) is 5.89. The number of carbonyl (C=O) groups excluding carboxylic acids is 2. The Bertz CT molecular complexity index is 761. The van der Waals surface area contributed by atoms with Crippen molar-refractivity contribution >= 4 is 40.6 Å². The van der Waals surface area contributed by atoms with Gasteiger partial charge in [-0.3, -0.25) is 4.79 Å². The van der Waals surface area contributed by atoms with E-state index in [0.29, 0.717) is 22.8 Å². The number of benzene rings is 2. The molecule has 0 aliphatic carbocycles. The van der Waals surface area contributed by atoms with Crippen molar-refractivity contribution < 1.29 is 9.59 Å². The summed E-state index contributed by atoms with van der Waals surface area (Å²) in [6.45, 7) is 0. The molecule has 1 heterocycles. The molecular weight excluding hydrogens is 302 g/mol.